The van der Waals surface area contributed by atoms with Crippen molar-refractivity contribution < 1.29 is 14.6 Å². The molecule has 1 aromatic carbocycles. The summed E-state index contributed by atoms with van der Waals surface area (Å²) in [5.74, 6) is 0.596. The summed E-state index contributed by atoms with van der Waals surface area (Å²) in [5.41, 5.74) is 2.48. The van der Waals surface area contributed by atoms with E-state index in [1.54, 1.807) is 0 Å². The quantitative estimate of drug-likeness (QED) is 0.475. The molecule has 1 unspecified atom stereocenters. The zero-order valence-electron chi connectivity index (χ0n) is 21.4. The van der Waals surface area contributed by atoms with Crippen molar-refractivity contribution in [2.75, 3.05) is 26.7 Å². The fourth-order valence-electron chi connectivity index (χ4n) is 5.05. The molecule has 2 aliphatic rings. The number of amides is 1. The third kappa shape index (κ3) is 7.54. The highest BCUT2D eigenvalue weighted by Gasteiger charge is 2.38. The molecule has 4 rings (SSSR count). The van der Waals surface area contributed by atoms with E-state index in [1.807, 2.05) is 37.4 Å². The molecule has 2 aromatic rings. The lowest BCUT2D eigenvalue weighted by Crippen LogP contribution is -2.53. The molecule has 1 aliphatic carbocycles. The van der Waals surface area contributed by atoms with Crippen LogP contribution in [-0.4, -0.2) is 64.5 Å². The number of nitrogens with one attached hydrogen (secondary N) is 1. The number of hydrogen-bond acceptors (Lipinski definition) is 6. The van der Waals surface area contributed by atoms with Crippen molar-refractivity contribution in [3.63, 3.8) is 0 Å². The maximum atomic E-state index is 13.1. The Balaban J connectivity index is 0.00000228. The number of rotatable bonds is 9. The van der Waals surface area contributed by atoms with E-state index in [-0.39, 0.29) is 43.0 Å². The van der Waals surface area contributed by atoms with Crippen molar-refractivity contribution in [3.05, 3.63) is 41.7 Å². The molecule has 0 bridgehead atoms. The largest absolute Gasteiger partial charge is 0.490 e. The van der Waals surface area contributed by atoms with Gasteiger partial charge in [-0.2, -0.15) is 5.10 Å². The van der Waals surface area contributed by atoms with Gasteiger partial charge in [0.2, 0.25) is 0 Å². The summed E-state index contributed by atoms with van der Waals surface area (Å²) in [6, 6.07) is 9.97. The second-order valence-electron chi connectivity index (χ2n) is 9.98. The number of aliphatic hydroxyl groups excluding tert-OH is 1. The molecule has 2 fully saturated rings. The Morgan fingerprint density at radius 1 is 1.17 bits per heavy atom. The van der Waals surface area contributed by atoms with Crippen LogP contribution in [0.5, 0.6) is 5.75 Å². The Bertz CT molecular complexity index is 970. The number of aliphatic hydroxyl groups is 1. The summed E-state index contributed by atoms with van der Waals surface area (Å²) in [5, 5.41) is 21.7. The van der Waals surface area contributed by atoms with Crippen LogP contribution in [0.25, 0.3) is 11.1 Å². The van der Waals surface area contributed by atoms with E-state index >= 15 is 0 Å². The molecule has 1 aliphatic heterocycles. The lowest BCUT2D eigenvalue weighted by molar-refractivity contribution is 0.0836. The Morgan fingerprint density at radius 3 is 2.50 bits per heavy atom. The minimum atomic E-state index is -0.632. The summed E-state index contributed by atoms with van der Waals surface area (Å²) < 4.78 is 6.19. The van der Waals surface area contributed by atoms with Gasteiger partial charge in [-0.15, -0.1) is 29.9 Å². The van der Waals surface area contributed by atoms with E-state index in [4.69, 9.17) is 4.74 Å². The van der Waals surface area contributed by atoms with Crippen LogP contribution in [0.15, 0.2) is 30.3 Å². The summed E-state index contributed by atoms with van der Waals surface area (Å²) in [6.45, 7) is 3.51. The van der Waals surface area contributed by atoms with Crippen molar-refractivity contribution in [3.8, 4) is 16.9 Å². The number of ether oxygens (including phenoxy) is 1. The third-order valence-electron chi connectivity index (χ3n) is 7.12. The number of carbonyl (C=O) groups excluding carboxylic acids is 1. The van der Waals surface area contributed by atoms with Gasteiger partial charge in [0.15, 0.2) is 5.69 Å². The molecular weight excluding hydrogens is 499 g/mol. The number of carbonyl (C=O) groups is 1. The summed E-state index contributed by atoms with van der Waals surface area (Å²) >= 11 is 0. The zero-order chi connectivity index (χ0) is 24.0. The number of likely N-dealkylation sites (N-methyl/N-ethyl adjacent to an activating group) is 1. The molecule has 2 N–H and O–H groups in total. The van der Waals surface area contributed by atoms with E-state index in [9.17, 15) is 9.90 Å². The van der Waals surface area contributed by atoms with Crippen LogP contribution in [-0.2, 0) is 6.42 Å². The molecule has 0 spiro atoms. The maximum absolute atomic E-state index is 13.1. The summed E-state index contributed by atoms with van der Waals surface area (Å²) in [4.78, 5) is 15.2. The minimum Gasteiger partial charge on any atom is -0.490 e. The fourth-order valence-corrected chi connectivity index (χ4v) is 5.05. The van der Waals surface area contributed by atoms with Crippen LogP contribution in [0.3, 0.4) is 0 Å². The van der Waals surface area contributed by atoms with Crippen LogP contribution in [0, 0.1) is 0 Å². The second kappa shape index (κ2) is 14.1. The lowest BCUT2D eigenvalue weighted by atomic mass is 9.97. The standard InChI is InChI=1S/C27H38N4O3.2ClH/c1-3-4-10-24-23(20-11-13-22(14-12-20)34-21-8-6-5-7-9-21)17-25(30-29-24)26(33)28-27(19-32)15-16-31(2)18-27;;/h11-14,17,21,32H,3-10,15-16,18-19H2,1-2H3,(H,28,33);2*1H. The van der Waals surface area contributed by atoms with Gasteiger partial charge in [-0.25, -0.2) is 0 Å². The van der Waals surface area contributed by atoms with Crippen LogP contribution in [0.2, 0.25) is 0 Å². The molecule has 9 heteroatoms. The van der Waals surface area contributed by atoms with Gasteiger partial charge >= 0.3 is 0 Å². The first-order valence-corrected chi connectivity index (χ1v) is 12.8. The first-order chi connectivity index (χ1) is 16.5. The van der Waals surface area contributed by atoms with Gasteiger partial charge in [0.05, 0.1) is 23.9 Å². The van der Waals surface area contributed by atoms with Gasteiger partial charge in [0.1, 0.15) is 5.75 Å². The molecule has 36 heavy (non-hydrogen) atoms. The lowest BCUT2D eigenvalue weighted by Gasteiger charge is -2.27. The predicted octanol–water partition coefficient (Wildman–Crippen LogP) is 4.84. The predicted molar refractivity (Wildman–Crippen MR) is 147 cm³/mol. The van der Waals surface area contributed by atoms with Crippen LogP contribution < -0.4 is 10.1 Å². The summed E-state index contributed by atoms with van der Waals surface area (Å²) in [7, 11) is 1.99. The van der Waals surface area contributed by atoms with Gasteiger partial charge in [0, 0.05) is 18.7 Å². The number of hydrogen-bond donors (Lipinski definition) is 2. The number of aromatic nitrogens is 2. The average Bonchev–Trinajstić information content (AvgIpc) is 3.24. The monoisotopic (exact) mass is 538 g/mol. The molecule has 1 saturated carbocycles. The van der Waals surface area contributed by atoms with E-state index in [1.165, 1.54) is 19.3 Å². The molecule has 1 saturated heterocycles. The van der Waals surface area contributed by atoms with E-state index in [0.717, 1.165) is 61.2 Å². The van der Waals surface area contributed by atoms with E-state index in [0.29, 0.717) is 19.1 Å². The second-order valence-corrected chi connectivity index (χ2v) is 9.98. The van der Waals surface area contributed by atoms with Gasteiger partial charge in [0.25, 0.3) is 5.91 Å². The number of aryl methyl sites for hydroxylation is 1. The number of halogens is 2. The first kappa shape index (κ1) is 30.3. The summed E-state index contributed by atoms with van der Waals surface area (Å²) in [6.07, 6.45) is 9.94. The Kier molecular flexibility index (Phi) is 11.9. The van der Waals surface area contributed by atoms with E-state index in [2.05, 4.69) is 27.3 Å². The molecule has 1 atom stereocenters. The molecule has 200 valence electrons. The van der Waals surface area contributed by atoms with Crippen molar-refractivity contribution in [2.45, 2.75) is 76.4 Å². The maximum Gasteiger partial charge on any atom is 0.272 e. The highest BCUT2D eigenvalue weighted by atomic mass is 35.5. The highest BCUT2D eigenvalue weighted by molar-refractivity contribution is 5.94. The van der Waals surface area contributed by atoms with Crippen LogP contribution in [0.4, 0.5) is 0 Å². The Hall–Kier alpha value is -1.93. The van der Waals surface area contributed by atoms with Crippen molar-refractivity contribution in [1.29, 1.82) is 0 Å². The zero-order valence-corrected chi connectivity index (χ0v) is 23.0. The van der Waals surface area contributed by atoms with Crippen molar-refractivity contribution >= 4 is 30.7 Å². The molecule has 1 amide bonds. The normalized spacial score (nSPS) is 20.3. The molecule has 1 aromatic heterocycles. The van der Waals surface area contributed by atoms with Crippen LogP contribution in [0.1, 0.15) is 74.5 Å². The smallest absolute Gasteiger partial charge is 0.272 e. The number of unbranched alkanes of at least 4 members (excludes halogenated alkanes) is 1. The topological polar surface area (TPSA) is 87.6 Å². The molecule has 7 nitrogen and oxygen atoms in total. The van der Waals surface area contributed by atoms with Crippen molar-refractivity contribution in [2.24, 2.45) is 0 Å². The number of nitrogens with zero attached hydrogens (tertiary/aromatic N) is 3. The van der Waals surface area contributed by atoms with Gasteiger partial charge in [-0.05, 0) is 75.8 Å². The first-order valence-electron chi connectivity index (χ1n) is 12.8. The number of likely N-dealkylation sites (tertiary alicyclic amines) is 1. The van der Waals surface area contributed by atoms with Gasteiger partial charge in [-0.3, -0.25) is 4.79 Å². The highest BCUT2D eigenvalue weighted by Crippen LogP contribution is 2.29. The Morgan fingerprint density at radius 2 is 1.89 bits per heavy atom. The molecular formula is C27H40Cl2N4O3. The average molecular weight is 540 g/mol. The Labute approximate surface area is 227 Å². The fraction of sp³-hybridized carbons (Fsp3) is 0.593. The molecule has 0 radical (unpaired) electrons. The minimum absolute atomic E-state index is 0. The number of benzene rings is 1. The SMILES string of the molecule is CCCCc1nnc(C(=O)NC2(CO)CCN(C)C2)cc1-c1ccc(OC2CCCCC2)cc1.Cl.Cl. The molecule has 2 heterocycles. The van der Waals surface area contributed by atoms with Crippen LogP contribution >= 0.6 is 24.8 Å². The van der Waals surface area contributed by atoms with Crippen molar-refractivity contribution in [1.82, 2.24) is 20.4 Å². The third-order valence-corrected chi connectivity index (χ3v) is 7.12. The van der Waals surface area contributed by atoms with Gasteiger partial charge in [-0.1, -0.05) is 31.9 Å². The van der Waals surface area contributed by atoms with E-state index < -0.39 is 5.54 Å². The van der Waals surface area contributed by atoms with Gasteiger partial charge < -0.3 is 20.1 Å².